The molecule has 0 aromatic heterocycles. The molecular formula is C20H23NO2S. The first kappa shape index (κ1) is 18.2. The third-order valence-corrected chi connectivity index (χ3v) is 5.59. The van der Waals surface area contributed by atoms with Gasteiger partial charge in [-0.3, -0.25) is 0 Å². The molecule has 2 rings (SSSR count). The Morgan fingerprint density at radius 1 is 1.12 bits per heavy atom. The van der Waals surface area contributed by atoms with Gasteiger partial charge in [-0.15, -0.1) is 5.73 Å². The van der Waals surface area contributed by atoms with Gasteiger partial charge in [-0.05, 0) is 50.0 Å². The molecule has 0 bridgehead atoms. The summed E-state index contributed by atoms with van der Waals surface area (Å²) in [5, 5.41) is 0. The Morgan fingerprint density at radius 2 is 1.71 bits per heavy atom. The summed E-state index contributed by atoms with van der Waals surface area (Å²) >= 11 is 0. The van der Waals surface area contributed by atoms with Crippen LogP contribution in [0, 0.1) is 20.8 Å². The zero-order chi connectivity index (χ0) is 17.7. The van der Waals surface area contributed by atoms with E-state index in [1.165, 1.54) is 0 Å². The van der Waals surface area contributed by atoms with E-state index in [2.05, 4.69) is 17.0 Å². The molecule has 126 valence electrons. The lowest BCUT2D eigenvalue weighted by atomic mass is 10.1. The molecule has 0 spiro atoms. The topological polar surface area (TPSA) is 46.2 Å². The summed E-state index contributed by atoms with van der Waals surface area (Å²) in [5.41, 5.74) is 6.30. The maximum atomic E-state index is 12.9. The molecule has 24 heavy (non-hydrogen) atoms. The largest absolute Gasteiger partial charge is 0.241 e. The van der Waals surface area contributed by atoms with Gasteiger partial charge in [0.05, 0.1) is 10.9 Å². The third-order valence-electron chi connectivity index (χ3n) is 3.80. The van der Waals surface area contributed by atoms with Gasteiger partial charge in [-0.1, -0.05) is 54.6 Å². The van der Waals surface area contributed by atoms with E-state index in [0.29, 0.717) is 11.3 Å². The van der Waals surface area contributed by atoms with E-state index in [4.69, 9.17) is 0 Å². The van der Waals surface area contributed by atoms with Gasteiger partial charge in [-0.2, -0.15) is 0 Å². The Kier molecular flexibility index (Phi) is 5.79. The van der Waals surface area contributed by atoms with Crippen molar-refractivity contribution in [3.8, 4) is 0 Å². The molecule has 3 nitrogen and oxygen atoms in total. The number of benzene rings is 2. The monoisotopic (exact) mass is 341 g/mol. The summed E-state index contributed by atoms with van der Waals surface area (Å²) in [4.78, 5) is 0.351. The van der Waals surface area contributed by atoms with Crippen molar-refractivity contribution >= 4 is 10.0 Å². The summed E-state index contributed by atoms with van der Waals surface area (Å²) in [5.74, 6) is 0. The van der Waals surface area contributed by atoms with Crippen LogP contribution in [0.3, 0.4) is 0 Å². The van der Waals surface area contributed by atoms with E-state index in [1.807, 2.05) is 63.2 Å². The predicted octanol–water partition coefficient (Wildman–Crippen LogP) is 3.84. The zero-order valence-electron chi connectivity index (χ0n) is 14.3. The van der Waals surface area contributed by atoms with E-state index in [0.717, 1.165) is 22.3 Å². The lowest BCUT2D eigenvalue weighted by molar-refractivity contribution is 0.569. The summed E-state index contributed by atoms with van der Waals surface area (Å²) < 4.78 is 28.5. The lowest BCUT2D eigenvalue weighted by Crippen LogP contribution is -2.35. The van der Waals surface area contributed by atoms with Gasteiger partial charge in [0, 0.05) is 0 Å². The van der Waals surface area contributed by atoms with Gasteiger partial charge >= 0.3 is 0 Å². The van der Waals surface area contributed by atoms with Crippen LogP contribution in [0.15, 0.2) is 65.7 Å². The summed E-state index contributed by atoms with van der Waals surface area (Å²) in [7, 11) is -3.63. The standard InChI is InChI=1S/C20H23NO2S/c1-5-9-19(14-18-10-7-6-8-11-18)21-24(22,23)20-16(3)12-15(2)13-17(20)4/h6-13,19,21H,1,14H2,2-4H3/t19-/m1/s1. The molecule has 0 radical (unpaired) electrons. The van der Waals surface area contributed by atoms with Gasteiger partial charge in [0.25, 0.3) is 0 Å². The Hall–Kier alpha value is -2.13. The first-order valence-electron chi connectivity index (χ1n) is 7.83. The molecule has 0 heterocycles. The highest BCUT2D eigenvalue weighted by molar-refractivity contribution is 7.89. The van der Waals surface area contributed by atoms with E-state index >= 15 is 0 Å². The molecule has 0 aliphatic rings. The lowest BCUT2D eigenvalue weighted by Gasteiger charge is -2.18. The second kappa shape index (κ2) is 7.63. The first-order valence-corrected chi connectivity index (χ1v) is 9.32. The van der Waals surface area contributed by atoms with Crippen LogP contribution < -0.4 is 4.72 Å². The fourth-order valence-corrected chi connectivity index (χ4v) is 4.63. The highest BCUT2D eigenvalue weighted by atomic mass is 32.2. The normalized spacial score (nSPS) is 12.5. The van der Waals surface area contributed by atoms with Crippen LogP contribution in [0.4, 0.5) is 0 Å². The number of sulfonamides is 1. The first-order chi connectivity index (χ1) is 11.3. The molecule has 0 saturated heterocycles. The minimum Gasteiger partial charge on any atom is -0.207 e. The van der Waals surface area contributed by atoms with Gasteiger partial charge < -0.3 is 0 Å². The Balaban J connectivity index is 2.33. The molecule has 0 aliphatic heterocycles. The van der Waals surface area contributed by atoms with Crippen LogP contribution in [0.2, 0.25) is 0 Å². The number of rotatable bonds is 6. The average Bonchev–Trinajstić information content (AvgIpc) is 2.46. The second-order valence-corrected chi connectivity index (χ2v) is 7.67. The fourth-order valence-electron chi connectivity index (χ4n) is 2.99. The summed E-state index contributed by atoms with van der Waals surface area (Å²) in [6.45, 7) is 9.18. The van der Waals surface area contributed by atoms with Gasteiger partial charge in [0.15, 0.2) is 0 Å². The minimum atomic E-state index is -3.63. The van der Waals surface area contributed by atoms with Crippen molar-refractivity contribution < 1.29 is 8.42 Å². The molecule has 1 atom stereocenters. The third kappa shape index (κ3) is 4.45. The van der Waals surface area contributed by atoms with Crippen LogP contribution >= 0.6 is 0 Å². The van der Waals surface area contributed by atoms with E-state index < -0.39 is 16.1 Å². The van der Waals surface area contributed by atoms with Crippen molar-refractivity contribution in [2.45, 2.75) is 38.1 Å². The molecule has 2 aromatic carbocycles. The molecule has 0 saturated carbocycles. The fraction of sp³-hybridized carbons (Fsp3) is 0.250. The number of nitrogens with one attached hydrogen (secondary N) is 1. The molecular weight excluding hydrogens is 318 g/mol. The number of hydrogen-bond acceptors (Lipinski definition) is 2. The zero-order valence-corrected chi connectivity index (χ0v) is 15.2. The Bertz CT molecular complexity index is 841. The summed E-state index contributed by atoms with van der Waals surface area (Å²) in [6, 6.07) is 13.1. The van der Waals surface area contributed by atoms with E-state index in [1.54, 1.807) is 6.08 Å². The molecule has 0 unspecified atom stereocenters. The van der Waals surface area contributed by atoms with Crippen molar-refractivity contribution in [3.05, 3.63) is 83.1 Å². The maximum Gasteiger partial charge on any atom is 0.241 e. The van der Waals surface area contributed by atoms with E-state index in [-0.39, 0.29) is 0 Å². The minimum absolute atomic E-state index is 0.351. The maximum absolute atomic E-state index is 12.9. The molecule has 0 fully saturated rings. The van der Waals surface area contributed by atoms with Gasteiger partial charge in [0.1, 0.15) is 0 Å². The molecule has 0 aliphatic carbocycles. The smallest absolute Gasteiger partial charge is 0.207 e. The van der Waals surface area contributed by atoms with Crippen LogP contribution in [-0.4, -0.2) is 14.5 Å². The van der Waals surface area contributed by atoms with Gasteiger partial charge in [0.2, 0.25) is 10.0 Å². The number of hydrogen-bond donors (Lipinski definition) is 1. The second-order valence-electron chi connectivity index (χ2n) is 6.02. The highest BCUT2D eigenvalue weighted by Crippen LogP contribution is 2.22. The van der Waals surface area contributed by atoms with Crippen LogP contribution in [0.25, 0.3) is 0 Å². The number of aryl methyl sites for hydroxylation is 3. The van der Waals surface area contributed by atoms with Crippen molar-refractivity contribution in [3.63, 3.8) is 0 Å². The van der Waals surface area contributed by atoms with Crippen molar-refractivity contribution in [2.24, 2.45) is 0 Å². The predicted molar refractivity (Wildman–Crippen MR) is 98.6 cm³/mol. The van der Waals surface area contributed by atoms with Crippen LogP contribution in [0.1, 0.15) is 22.3 Å². The molecule has 1 N–H and O–H groups in total. The molecule has 4 heteroatoms. The molecule has 2 aromatic rings. The van der Waals surface area contributed by atoms with Crippen molar-refractivity contribution in [1.29, 1.82) is 0 Å². The Labute approximate surface area is 144 Å². The van der Waals surface area contributed by atoms with E-state index in [9.17, 15) is 8.42 Å². The SMILES string of the molecule is C=C=C[C@H](Cc1ccccc1)NS(=O)(=O)c1c(C)cc(C)cc1C. The van der Waals surface area contributed by atoms with Crippen molar-refractivity contribution in [2.75, 3.05) is 0 Å². The average molecular weight is 341 g/mol. The highest BCUT2D eigenvalue weighted by Gasteiger charge is 2.23. The van der Waals surface area contributed by atoms with Crippen LogP contribution in [-0.2, 0) is 16.4 Å². The van der Waals surface area contributed by atoms with Gasteiger partial charge in [-0.25, -0.2) is 13.1 Å². The van der Waals surface area contributed by atoms with Crippen molar-refractivity contribution in [1.82, 2.24) is 4.72 Å². The molecule has 0 amide bonds. The Morgan fingerprint density at radius 3 is 2.25 bits per heavy atom. The van der Waals surface area contributed by atoms with Crippen LogP contribution in [0.5, 0.6) is 0 Å². The summed E-state index contributed by atoms with van der Waals surface area (Å²) in [6.07, 6.45) is 2.20. The quantitative estimate of drug-likeness (QED) is 0.812.